The highest BCUT2D eigenvalue weighted by molar-refractivity contribution is 5.83. The van der Waals surface area contributed by atoms with Crippen LogP contribution in [0.25, 0.3) is 0 Å². The fraction of sp³-hybridized carbons (Fsp3) is 0.600. The van der Waals surface area contributed by atoms with Crippen LogP contribution < -0.4 is 0 Å². The van der Waals surface area contributed by atoms with Crippen LogP contribution in [0, 0.1) is 0 Å². The first-order valence-electron chi connectivity index (χ1n) is 9.24. The predicted octanol–water partition coefficient (Wildman–Crippen LogP) is 3.97. The molecule has 0 amide bonds. The minimum Gasteiger partial charge on any atom is -0.478 e. The third-order valence-corrected chi connectivity index (χ3v) is 4.58. The summed E-state index contributed by atoms with van der Waals surface area (Å²) >= 11 is 0. The monoisotopic (exact) mass is 328 g/mol. The Balaban J connectivity index is 1.66. The van der Waals surface area contributed by atoms with Crippen molar-refractivity contribution >= 4 is 11.8 Å². The van der Waals surface area contributed by atoms with Crippen molar-refractivity contribution < 1.29 is 9.47 Å². The van der Waals surface area contributed by atoms with Gasteiger partial charge in [-0.1, -0.05) is 51.0 Å². The molecule has 1 aromatic carbocycles. The van der Waals surface area contributed by atoms with Crippen molar-refractivity contribution in [2.75, 3.05) is 13.2 Å². The molecule has 0 saturated carbocycles. The lowest BCUT2D eigenvalue weighted by Crippen LogP contribution is -2.10. The molecule has 0 radical (unpaired) electrons. The van der Waals surface area contributed by atoms with Gasteiger partial charge in [0.2, 0.25) is 0 Å². The fourth-order valence-electron chi connectivity index (χ4n) is 3.32. The van der Waals surface area contributed by atoms with Crippen molar-refractivity contribution in [1.29, 1.82) is 0 Å². The van der Waals surface area contributed by atoms with Crippen molar-refractivity contribution in [3.63, 3.8) is 0 Å². The average molecular weight is 328 g/mol. The number of aliphatic imine (C=N–C) groups is 2. The molecule has 1 aromatic rings. The molecule has 130 valence electrons. The number of ether oxygens (including phenoxy) is 2. The van der Waals surface area contributed by atoms with Gasteiger partial charge >= 0.3 is 0 Å². The summed E-state index contributed by atoms with van der Waals surface area (Å²) in [5.41, 5.74) is 2.53. The highest BCUT2D eigenvalue weighted by atomic mass is 16.5. The van der Waals surface area contributed by atoms with Crippen molar-refractivity contribution in [2.24, 2.45) is 9.98 Å². The maximum absolute atomic E-state index is 5.78. The zero-order valence-electron chi connectivity index (χ0n) is 14.8. The quantitative estimate of drug-likeness (QED) is 0.725. The van der Waals surface area contributed by atoms with E-state index in [-0.39, 0.29) is 0 Å². The van der Waals surface area contributed by atoms with Gasteiger partial charge in [0.15, 0.2) is 11.8 Å². The first-order valence-corrected chi connectivity index (χ1v) is 9.24. The Morgan fingerprint density at radius 3 is 1.71 bits per heavy atom. The summed E-state index contributed by atoms with van der Waals surface area (Å²) < 4.78 is 11.6. The summed E-state index contributed by atoms with van der Waals surface area (Å²) in [5, 5.41) is 0. The molecule has 2 aliphatic heterocycles. The van der Waals surface area contributed by atoms with Gasteiger partial charge in [0.25, 0.3) is 0 Å². The molecule has 0 saturated heterocycles. The molecule has 0 aromatic heterocycles. The number of nitrogens with zero attached hydrogens (tertiary/aromatic N) is 2. The van der Waals surface area contributed by atoms with Crippen molar-refractivity contribution in [2.45, 2.75) is 64.5 Å². The van der Waals surface area contributed by atoms with Gasteiger partial charge in [-0.15, -0.1) is 0 Å². The van der Waals surface area contributed by atoms with Gasteiger partial charge in [-0.25, -0.2) is 9.98 Å². The van der Waals surface area contributed by atoms with E-state index in [1.54, 1.807) is 0 Å². The van der Waals surface area contributed by atoms with Gasteiger partial charge in [0.1, 0.15) is 13.2 Å². The van der Waals surface area contributed by atoms with Crippen LogP contribution in [0.3, 0.4) is 0 Å². The lowest BCUT2D eigenvalue weighted by atomic mass is 10.0. The summed E-state index contributed by atoms with van der Waals surface area (Å²) in [6.45, 7) is 5.85. The van der Waals surface area contributed by atoms with E-state index in [0.717, 1.165) is 63.5 Å². The normalized spacial score (nSPS) is 22.8. The van der Waals surface area contributed by atoms with Gasteiger partial charge in [0, 0.05) is 12.8 Å². The van der Waals surface area contributed by atoms with E-state index in [1.807, 2.05) is 0 Å². The van der Waals surface area contributed by atoms with Crippen LogP contribution in [0.5, 0.6) is 0 Å². The van der Waals surface area contributed by atoms with Gasteiger partial charge in [-0.2, -0.15) is 0 Å². The highest BCUT2D eigenvalue weighted by Gasteiger charge is 2.21. The van der Waals surface area contributed by atoms with Crippen molar-refractivity contribution in [3.8, 4) is 0 Å². The average Bonchev–Trinajstić information content (AvgIpc) is 3.20. The lowest BCUT2D eigenvalue weighted by Gasteiger charge is -2.09. The van der Waals surface area contributed by atoms with Crippen LogP contribution in [-0.4, -0.2) is 37.1 Å². The third kappa shape index (κ3) is 4.37. The zero-order chi connectivity index (χ0) is 16.8. The Kier molecular flexibility index (Phi) is 5.89. The number of hydrogen-bond acceptors (Lipinski definition) is 4. The summed E-state index contributed by atoms with van der Waals surface area (Å²) in [5.74, 6) is 1.75. The second-order valence-corrected chi connectivity index (χ2v) is 6.67. The smallest absolute Gasteiger partial charge is 0.188 e. The van der Waals surface area contributed by atoms with Crippen LogP contribution in [0.2, 0.25) is 0 Å². The Hall–Kier alpha value is -1.84. The van der Waals surface area contributed by atoms with E-state index in [0.29, 0.717) is 12.1 Å². The van der Waals surface area contributed by atoms with Crippen LogP contribution in [-0.2, 0) is 22.3 Å². The van der Waals surface area contributed by atoms with Crippen molar-refractivity contribution in [1.82, 2.24) is 0 Å². The van der Waals surface area contributed by atoms with E-state index < -0.39 is 0 Å². The summed E-state index contributed by atoms with van der Waals surface area (Å²) in [6.07, 6.45) is 6.04. The molecule has 2 heterocycles. The molecule has 24 heavy (non-hydrogen) atoms. The molecule has 0 aliphatic carbocycles. The molecule has 4 heteroatoms. The Morgan fingerprint density at radius 1 is 0.833 bits per heavy atom. The Bertz CT molecular complexity index is 556. The molecule has 4 nitrogen and oxygen atoms in total. The molecular weight excluding hydrogens is 300 g/mol. The third-order valence-electron chi connectivity index (χ3n) is 4.58. The summed E-state index contributed by atoms with van der Waals surface area (Å²) in [6, 6.07) is 9.16. The number of rotatable bonds is 8. The minimum atomic E-state index is 0.342. The largest absolute Gasteiger partial charge is 0.478 e. The predicted molar refractivity (Wildman–Crippen MR) is 98.0 cm³/mol. The molecule has 2 aliphatic rings. The van der Waals surface area contributed by atoms with Gasteiger partial charge in [-0.3, -0.25) is 0 Å². The van der Waals surface area contributed by atoms with E-state index in [1.165, 1.54) is 11.1 Å². The van der Waals surface area contributed by atoms with E-state index in [9.17, 15) is 0 Å². The molecule has 2 atom stereocenters. The fourth-order valence-corrected chi connectivity index (χ4v) is 3.32. The molecule has 0 fully saturated rings. The summed E-state index contributed by atoms with van der Waals surface area (Å²) in [4.78, 5) is 9.43. The van der Waals surface area contributed by atoms with Gasteiger partial charge in [0.05, 0.1) is 12.1 Å². The molecular formula is C20H28N2O2. The first-order chi connectivity index (χ1) is 11.8. The van der Waals surface area contributed by atoms with Crippen LogP contribution in [0.4, 0.5) is 0 Å². The van der Waals surface area contributed by atoms with Gasteiger partial charge < -0.3 is 9.47 Å². The minimum absolute atomic E-state index is 0.342. The number of benzene rings is 1. The van der Waals surface area contributed by atoms with Gasteiger partial charge in [-0.05, 0) is 24.0 Å². The standard InChI is InChI=1S/C20H28N2O2/c1-3-7-17-13-23-19(21-17)11-15-9-5-6-10-16(15)12-20-22-18(8-4-2)14-24-20/h5-6,9-10,17-18H,3-4,7-8,11-14H2,1-2H3. The molecule has 0 N–H and O–H groups in total. The van der Waals surface area contributed by atoms with E-state index in [4.69, 9.17) is 19.5 Å². The lowest BCUT2D eigenvalue weighted by molar-refractivity contribution is 0.305. The maximum Gasteiger partial charge on any atom is 0.188 e. The highest BCUT2D eigenvalue weighted by Crippen LogP contribution is 2.19. The summed E-state index contributed by atoms with van der Waals surface area (Å²) in [7, 11) is 0. The topological polar surface area (TPSA) is 43.2 Å². The van der Waals surface area contributed by atoms with E-state index in [2.05, 4.69) is 38.1 Å². The molecule has 0 spiro atoms. The van der Waals surface area contributed by atoms with Crippen molar-refractivity contribution in [3.05, 3.63) is 35.4 Å². The Morgan fingerprint density at radius 2 is 1.29 bits per heavy atom. The Labute approximate surface area is 145 Å². The molecule has 0 bridgehead atoms. The first kappa shape index (κ1) is 17.0. The number of hydrogen-bond donors (Lipinski definition) is 0. The van der Waals surface area contributed by atoms with Crippen LogP contribution in [0.1, 0.15) is 50.7 Å². The maximum atomic E-state index is 5.78. The second kappa shape index (κ2) is 8.32. The second-order valence-electron chi connectivity index (χ2n) is 6.67. The molecule has 3 rings (SSSR count). The molecule has 2 unspecified atom stereocenters. The zero-order valence-corrected chi connectivity index (χ0v) is 14.8. The van der Waals surface area contributed by atoms with Crippen LogP contribution in [0.15, 0.2) is 34.3 Å². The SMILES string of the molecule is CCCC1COC(Cc2ccccc2CC2=NC(CCC)CO2)=N1. The van der Waals surface area contributed by atoms with Crippen LogP contribution >= 0.6 is 0 Å². The van der Waals surface area contributed by atoms with E-state index >= 15 is 0 Å².